The summed E-state index contributed by atoms with van der Waals surface area (Å²) in [7, 11) is 1.55. The molecule has 1 N–H and O–H groups in total. The van der Waals surface area contributed by atoms with Crippen LogP contribution >= 0.6 is 0 Å². The first kappa shape index (κ1) is 21.2. The molecule has 0 bridgehead atoms. The number of carbonyl (C=O) groups is 1. The van der Waals surface area contributed by atoms with E-state index in [0.717, 1.165) is 10.9 Å². The maximum atomic E-state index is 13.6. The number of nitrogens with one attached hydrogen (secondary N) is 1. The molecule has 156 valence electrons. The molecule has 0 aliphatic rings. The molecule has 0 radical (unpaired) electrons. The predicted octanol–water partition coefficient (Wildman–Crippen LogP) is 4.06. The van der Waals surface area contributed by atoms with Crippen molar-refractivity contribution in [3.8, 4) is 11.8 Å². The average molecular weight is 412 g/mol. The molecule has 3 rings (SSSR count). The highest BCUT2D eigenvalue weighted by Crippen LogP contribution is 2.33. The number of nitriles is 1. The topological polar surface area (TPSA) is 79.9 Å². The van der Waals surface area contributed by atoms with Crippen LogP contribution in [0.4, 0.5) is 8.78 Å². The number of aromatic nitrogens is 2. The number of nitrogens with zero attached hydrogens (tertiary/aromatic N) is 3. The number of methoxy groups -OCH3 is 1. The molecule has 0 saturated heterocycles. The summed E-state index contributed by atoms with van der Waals surface area (Å²) in [6, 6.07) is 13.7. The second-order valence-corrected chi connectivity index (χ2v) is 7.73. The number of benzene rings is 2. The van der Waals surface area contributed by atoms with Crippen LogP contribution in [0.15, 0.2) is 48.7 Å². The van der Waals surface area contributed by atoms with Crippen molar-refractivity contribution < 1.29 is 18.3 Å². The number of hydrogen-bond donors (Lipinski definition) is 1. The smallest absolute Gasteiger partial charge is 0.321 e. The largest absolute Gasteiger partial charge is 0.497 e. The third-order valence-electron chi connectivity index (χ3n) is 4.87. The Morgan fingerprint density at radius 2 is 1.87 bits per heavy atom. The lowest BCUT2D eigenvalue weighted by Gasteiger charge is -2.36. The molecule has 1 aromatic heterocycles. The Hall–Kier alpha value is -3.47. The third-order valence-corrected chi connectivity index (χ3v) is 4.87. The van der Waals surface area contributed by atoms with Gasteiger partial charge in [-0.1, -0.05) is 12.1 Å². The first-order chi connectivity index (χ1) is 14.0. The Balaban J connectivity index is 2.11. The van der Waals surface area contributed by atoms with Crippen molar-refractivity contribution in [1.29, 1.82) is 5.26 Å². The molecule has 1 atom stereocenters. The van der Waals surface area contributed by atoms with Gasteiger partial charge in [0.05, 0.1) is 35.8 Å². The average Bonchev–Trinajstić information content (AvgIpc) is 3.09. The van der Waals surface area contributed by atoms with Crippen LogP contribution in [0.1, 0.15) is 37.9 Å². The maximum Gasteiger partial charge on any atom is 0.321 e. The van der Waals surface area contributed by atoms with E-state index in [1.807, 2.05) is 0 Å². The Morgan fingerprint density at radius 3 is 2.43 bits per heavy atom. The van der Waals surface area contributed by atoms with E-state index in [2.05, 4.69) is 16.5 Å². The van der Waals surface area contributed by atoms with Gasteiger partial charge in [0.25, 0.3) is 5.91 Å². The molecular weight excluding hydrogens is 390 g/mol. The van der Waals surface area contributed by atoms with Crippen molar-refractivity contribution in [3.63, 3.8) is 0 Å². The molecule has 1 amide bonds. The lowest BCUT2D eigenvalue weighted by molar-refractivity contribution is -0.145. The Bertz CT molecular complexity index is 1110. The normalized spacial score (nSPS) is 13.0. The maximum absolute atomic E-state index is 13.6. The van der Waals surface area contributed by atoms with Crippen molar-refractivity contribution in [2.24, 2.45) is 0 Å². The summed E-state index contributed by atoms with van der Waals surface area (Å²) in [5.41, 5.74) is 0.760. The van der Waals surface area contributed by atoms with Crippen molar-refractivity contribution in [2.75, 3.05) is 7.11 Å². The van der Waals surface area contributed by atoms with Crippen LogP contribution in [0, 0.1) is 11.3 Å². The first-order valence-corrected chi connectivity index (χ1v) is 9.28. The lowest BCUT2D eigenvalue weighted by Crippen LogP contribution is -2.54. The summed E-state index contributed by atoms with van der Waals surface area (Å²) in [5.74, 6) is -4.24. The number of alkyl halides is 2. The van der Waals surface area contributed by atoms with Crippen LogP contribution in [0.2, 0.25) is 0 Å². The van der Waals surface area contributed by atoms with Crippen LogP contribution in [-0.2, 0) is 4.79 Å². The number of hydrogen-bond acceptors (Lipinski definition) is 4. The summed E-state index contributed by atoms with van der Waals surface area (Å²) in [6.45, 7) is 3.89. The molecule has 0 aliphatic heterocycles. The van der Waals surface area contributed by atoms with Gasteiger partial charge in [0, 0.05) is 18.5 Å². The van der Waals surface area contributed by atoms with Gasteiger partial charge < -0.3 is 10.1 Å². The van der Waals surface area contributed by atoms with Crippen molar-refractivity contribution >= 4 is 16.8 Å². The van der Waals surface area contributed by atoms with Gasteiger partial charge >= 0.3 is 5.92 Å². The monoisotopic (exact) mass is 412 g/mol. The summed E-state index contributed by atoms with van der Waals surface area (Å²) in [6.07, 6.45) is 1.74. The molecule has 6 nitrogen and oxygen atoms in total. The second-order valence-electron chi connectivity index (χ2n) is 7.73. The van der Waals surface area contributed by atoms with Crippen LogP contribution in [0.5, 0.6) is 5.75 Å². The molecule has 2 aromatic carbocycles. The highest BCUT2D eigenvalue weighted by atomic mass is 19.3. The number of halogens is 2. The molecule has 0 fully saturated rings. The molecule has 1 heterocycles. The van der Waals surface area contributed by atoms with Gasteiger partial charge in [0.2, 0.25) is 0 Å². The Kier molecular flexibility index (Phi) is 5.49. The second kappa shape index (κ2) is 7.75. The van der Waals surface area contributed by atoms with Gasteiger partial charge in [0.15, 0.2) is 0 Å². The number of ether oxygens (including phenoxy) is 1. The van der Waals surface area contributed by atoms with Crippen LogP contribution in [-0.4, -0.2) is 34.3 Å². The van der Waals surface area contributed by atoms with Gasteiger partial charge in [-0.15, -0.1) is 0 Å². The van der Waals surface area contributed by atoms with Crippen molar-refractivity contribution in [2.45, 2.75) is 38.3 Å². The van der Waals surface area contributed by atoms with E-state index in [0.29, 0.717) is 23.8 Å². The zero-order valence-electron chi connectivity index (χ0n) is 17.1. The molecule has 0 aliphatic carbocycles. The van der Waals surface area contributed by atoms with Crippen molar-refractivity contribution in [1.82, 2.24) is 15.1 Å². The zero-order chi connectivity index (χ0) is 22.1. The van der Waals surface area contributed by atoms with Crippen LogP contribution in [0.25, 0.3) is 10.9 Å². The van der Waals surface area contributed by atoms with E-state index >= 15 is 0 Å². The number of fused-ring (bicyclic) bond motifs is 1. The minimum atomic E-state index is -3.52. The number of rotatable bonds is 6. The summed E-state index contributed by atoms with van der Waals surface area (Å²) < 4.78 is 34.0. The standard InChI is InChI=1S/C22H22F2N4O2/c1-21(2,26-20(29)22(3,23)24)19(15-6-8-17(30-4)9-7-15)28-13-16-11-14(12-25)5-10-18(16)27-28/h5-11,13,19H,1-4H3,(H,26,29)/t19-/m1/s1. The third kappa shape index (κ3) is 4.25. The molecule has 8 heteroatoms. The van der Waals surface area contributed by atoms with Gasteiger partial charge in [0.1, 0.15) is 5.75 Å². The van der Waals surface area contributed by atoms with Gasteiger partial charge in [-0.2, -0.15) is 19.1 Å². The van der Waals surface area contributed by atoms with E-state index in [9.17, 15) is 13.6 Å². The lowest BCUT2D eigenvalue weighted by atomic mass is 9.88. The zero-order valence-corrected chi connectivity index (χ0v) is 17.1. The summed E-state index contributed by atoms with van der Waals surface area (Å²) >= 11 is 0. The van der Waals surface area contributed by atoms with Crippen molar-refractivity contribution in [3.05, 3.63) is 59.8 Å². The molecule has 0 unspecified atom stereocenters. The Morgan fingerprint density at radius 1 is 1.20 bits per heavy atom. The van der Waals surface area contributed by atoms with E-state index in [4.69, 9.17) is 10.00 Å². The highest BCUT2D eigenvalue weighted by Gasteiger charge is 2.41. The SMILES string of the molecule is COc1ccc([C@@H](n2cc3cc(C#N)ccc3n2)C(C)(C)NC(=O)C(C)(F)F)cc1. The van der Waals surface area contributed by atoms with Gasteiger partial charge in [-0.25, -0.2) is 0 Å². The molecular formula is C22H22F2N4O2. The summed E-state index contributed by atoms with van der Waals surface area (Å²) in [5, 5.41) is 16.9. The van der Waals surface area contributed by atoms with Crippen LogP contribution in [0.3, 0.4) is 0 Å². The van der Waals surface area contributed by atoms with Gasteiger partial charge in [-0.05, 0) is 49.7 Å². The molecule has 30 heavy (non-hydrogen) atoms. The fraction of sp³-hybridized carbons (Fsp3) is 0.318. The molecule has 0 saturated carbocycles. The number of carbonyl (C=O) groups excluding carboxylic acids is 1. The van der Waals surface area contributed by atoms with Gasteiger partial charge in [-0.3, -0.25) is 9.48 Å². The quantitative estimate of drug-likeness (QED) is 0.662. The fourth-order valence-electron chi connectivity index (χ4n) is 3.40. The molecule has 0 spiro atoms. The van der Waals surface area contributed by atoms with Crippen LogP contribution < -0.4 is 10.1 Å². The van der Waals surface area contributed by atoms with E-state index in [-0.39, 0.29) is 0 Å². The minimum Gasteiger partial charge on any atom is -0.497 e. The molecule has 3 aromatic rings. The van der Waals surface area contributed by atoms with E-state index in [1.165, 1.54) is 0 Å². The minimum absolute atomic E-state index is 0.487. The van der Waals surface area contributed by atoms with E-state index < -0.39 is 23.4 Å². The summed E-state index contributed by atoms with van der Waals surface area (Å²) in [4.78, 5) is 12.1. The first-order valence-electron chi connectivity index (χ1n) is 9.28. The fourth-order valence-corrected chi connectivity index (χ4v) is 3.40. The van der Waals surface area contributed by atoms with E-state index in [1.54, 1.807) is 74.3 Å². The number of amides is 1. The predicted molar refractivity (Wildman–Crippen MR) is 108 cm³/mol. The highest BCUT2D eigenvalue weighted by molar-refractivity contribution is 5.83. The Labute approximate surface area is 173 Å².